The van der Waals surface area contributed by atoms with Gasteiger partial charge < -0.3 is 9.64 Å². The summed E-state index contributed by atoms with van der Waals surface area (Å²) in [6.07, 6.45) is 3.45. The number of ether oxygens (including phenoxy) is 1. The molecular weight excluding hydrogens is 270 g/mol. The Kier molecular flexibility index (Phi) is 5.20. The van der Waals surface area contributed by atoms with Gasteiger partial charge in [0, 0.05) is 13.1 Å². The number of rotatable bonds is 3. The molecule has 0 unspecified atom stereocenters. The van der Waals surface area contributed by atoms with E-state index in [1.165, 1.54) is 6.42 Å². The molecule has 1 fully saturated rings. The fraction of sp³-hybridized carbons (Fsp3) is 0.800. The van der Waals surface area contributed by atoms with Crippen LogP contribution in [0.2, 0.25) is 0 Å². The number of nitrogens with one attached hydrogen (secondary N) is 1. The van der Waals surface area contributed by atoms with E-state index in [1.807, 2.05) is 13.8 Å². The number of likely N-dealkylation sites (tertiary alicyclic amines) is 1. The summed E-state index contributed by atoms with van der Waals surface area (Å²) in [6.45, 7) is 7.79. The topological polar surface area (TPSA) is 71.0 Å². The van der Waals surface area contributed by atoms with E-state index in [4.69, 9.17) is 4.74 Å². The lowest BCUT2D eigenvalue weighted by Crippen LogP contribution is -2.56. The highest BCUT2D eigenvalue weighted by molar-refractivity contribution is 6.08. The van der Waals surface area contributed by atoms with Crippen LogP contribution >= 0.6 is 0 Å². The number of hydrogen-bond acceptors (Lipinski definition) is 5. The van der Waals surface area contributed by atoms with Crippen molar-refractivity contribution in [3.8, 4) is 0 Å². The summed E-state index contributed by atoms with van der Waals surface area (Å²) in [7, 11) is 0. The number of guanidine groups is 1. The van der Waals surface area contributed by atoms with Crippen LogP contribution in [0.3, 0.4) is 0 Å². The normalized spacial score (nSPS) is 26.4. The van der Waals surface area contributed by atoms with Crippen LogP contribution in [0.1, 0.15) is 40.0 Å². The molecule has 21 heavy (non-hydrogen) atoms. The predicted molar refractivity (Wildman–Crippen MR) is 79.8 cm³/mol. The zero-order chi connectivity index (χ0) is 15.4. The number of carbonyl (C=O) groups excluding carboxylic acids is 2. The van der Waals surface area contributed by atoms with Crippen LogP contribution in [0.4, 0.5) is 0 Å². The van der Waals surface area contributed by atoms with Crippen molar-refractivity contribution in [2.24, 2.45) is 16.8 Å². The molecule has 0 aromatic carbocycles. The van der Waals surface area contributed by atoms with E-state index in [0.717, 1.165) is 25.9 Å². The Morgan fingerprint density at radius 1 is 1.38 bits per heavy atom. The minimum absolute atomic E-state index is 0.102. The fourth-order valence-corrected chi connectivity index (χ4v) is 2.87. The zero-order valence-corrected chi connectivity index (χ0v) is 13.1. The number of esters is 1. The van der Waals surface area contributed by atoms with E-state index in [0.29, 0.717) is 5.96 Å². The first-order chi connectivity index (χ1) is 10.0. The minimum atomic E-state index is -0.835. The number of aliphatic imine (C=N–C) groups is 1. The molecule has 118 valence electrons. The maximum atomic E-state index is 12.4. The minimum Gasteiger partial charge on any atom is -0.465 e. The first kappa shape index (κ1) is 15.8. The summed E-state index contributed by atoms with van der Waals surface area (Å²) in [4.78, 5) is 31.2. The highest BCUT2D eigenvalue weighted by atomic mass is 16.5. The number of piperidine rings is 1. The molecular formula is C15H25N3O3. The van der Waals surface area contributed by atoms with E-state index in [9.17, 15) is 9.59 Å². The standard InChI is InChI=1S/C15H25N3O3/c1-4-21-14(20)11-12(10(2)3)16-15(17-13(11)19)18-8-6-5-7-9-18/h10-12H,4-9H2,1-3H3,(H,16,17,19)/t11-,12-/m0/s1. The van der Waals surface area contributed by atoms with Gasteiger partial charge in [0.15, 0.2) is 5.92 Å². The van der Waals surface area contributed by atoms with E-state index >= 15 is 0 Å². The summed E-state index contributed by atoms with van der Waals surface area (Å²) in [5, 5.41) is 2.80. The van der Waals surface area contributed by atoms with Gasteiger partial charge in [-0.25, -0.2) is 4.99 Å². The third kappa shape index (κ3) is 3.54. The van der Waals surface area contributed by atoms with Gasteiger partial charge >= 0.3 is 5.97 Å². The quantitative estimate of drug-likeness (QED) is 0.626. The molecule has 2 atom stereocenters. The maximum absolute atomic E-state index is 12.4. The van der Waals surface area contributed by atoms with Crippen molar-refractivity contribution in [3.05, 3.63) is 0 Å². The zero-order valence-electron chi connectivity index (χ0n) is 13.1. The second-order valence-corrected chi connectivity index (χ2v) is 5.95. The molecule has 2 aliphatic rings. The van der Waals surface area contributed by atoms with Crippen molar-refractivity contribution < 1.29 is 14.3 Å². The van der Waals surface area contributed by atoms with Gasteiger partial charge in [0.1, 0.15) is 0 Å². The largest absolute Gasteiger partial charge is 0.465 e. The lowest BCUT2D eigenvalue weighted by atomic mass is 9.89. The summed E-state index contributed by atoms with van der Waals surface area (Å²) in [5.41, 5.74) is 0. The number of amides is 1. The molecule has 0 saturated carbocycles. The van der Waals surface area contributed by atoms with Crippen molar-refractivity contribution in [2.75, 3.05) is 19.7 Å². The second-order valence-electron chi connectivity index (χ2n) is 5.95. The first-order valence-electron chi connectivity index (χ1n) is 7.84. The van der Waals surface area contributed by atoms with Gasteiger partial charge in [0.05, 0.1) is 12.6 Å². The first-order valence-corrected chi connectivity index (χ1v) is 7.84. The van der Waals surface area contributed by atoms with E-state index in [2.05, 4.69) is 15.2 Å². The Labute approximate surface area is 125 Å². The molecule has 1 N–H and O–H groups in total. The van der Waals surface area contributed by atoms with Crippen LogP contribution in [0, 0.1) is 11.8 Å². The van der Waals surface area contributed by atoms with Gasteiger partial charge in [-0.1, -0.05) is 13.8 Å². The Morgan fingerprint density at radius 2 is 2.05 bits per heavy atom. The molecule has 0 radical (unpaired) electrons. The molecule has 2 heterocycles. The lowest BCUT2D eigenvalue weighted by Gasteiger charge is -2.36. The molecule has 1 saturated heterocycles. The Hall–Kier alpha value is -1.59. The van der Waals surface area contributed by atoms with E-state index in [1.54, 1.807) is 6.92 Å². The van der Waals surface area contributed by atoms with Crippen LogP contribution in [-0.2, 0) is 14.3 Å². The van der Waals surface area contributed by atoms with Gasteiger partial charge in [-0.05, 0) is 32.1 Å². The predicted octanol–water partition coefficient (Wildman–Crippen LogP) is 1.16. The lowest BCUT2D eigenvalue weighted by molar-refractivity contribution is -0.153. The van der Waals surface area contributed by atoms with Gasteiger partial charge in [0.25, 0.3) is 0 Å². The molecule has 0 aliphatic carbocycles. The third-order valence-electron chi connectivity index (χ3n) is 4.01. The molecule has 6 nitrogen and oxygen atoms in total. The summed E-state index contributed by atoms with van der Waals surface area (Å²) in [6, 6.07) is -0.352. The number of carbonyl (C=O) groups is 2. The molecule has 0 bridgehead atoms. The second kappa shape index (κ2) is 6.91. The van der Waals surface area contributed by atoms with Gasteiger partial charge in [-0.2, -0.15) is 0 Å². The van der Waals surface area contributed by atoms with Crippen LogP contribution < -0.4 is 5.32 Å². The molecule has 1 amide bonds. The van der Waals surface area contributed by atoms with E-state index in [-0.39, 0.29) is 24.5 Å². The molecule has 2 aliphatic heterocycles. The van der Waals surface area contributed by atoms with E-state index < -0.39 is 11.9 Å². The third-order valence-corrected chi connectivity index (χ3v) is 4.01. The average molecular weight is 295 g/mol. The highest BCUT2D eigenvalue weighted by Crippen LogP contribution is 2.23. The number of hydrogen-bond donors (Lipinski definition) is 1. The Morgan fingerprint density at radius 3 is 2.62 bits per heavy atom. The van der Waals surface area contributed by atoms with Crippen LogP contribution in [-0.4, -0.2) is 48.5 Å². The average Bonchev–Trinajstić information content (AvgIpc) is 2.47. The molecule has 0 spiro atoms. The van der Waals surface area contributed by atoms with Gasteiger partial charge in [-0.3, -0.25) is 14.9 Å². The molecule has 0 aromatic rings. The number of nitrogens with zero attached hydrogens (tertiary/aromatic N) is 2. The summed E-state index contributed by atoms with van der Waals surface area (Å²) < 4.78 is 5.03. The van der Waals surface area contributed by atoms with Crippen LogP contribution in [0.15, 0.2) is 4.99 Å². The smallest absolute Gasteiger partial charge is 0.320 e. The Balaban J connectivity index is 2.21. The maximum Gasteiger partial charge on any atom is 0.320 e. The van der Waals surface area contributed by atoms with Crippen molar-refractivity contribution >= 4 is 17.8 Å². The SMILES string of the molecule is CCOC(=O)[C@@H]1C(=O)NC(N2CCCCC2)=N[C@H]1C(C)C. The molecule has 0 aromatic heterocycles. The monoisotopic (exact) mass is 295 g/mol. The highest BCUT2D eigenvalue weighted by Gasteiger charge is 2.42. The fourth-order valence-electron chi connectivity index (χ4n) is 2.87. The molecule has 2 rings (SSSR count). The molecule has 6 heteroatoms. The van der Waals surface area contributed by atoms with Crippen molar-refractivity contribution in [1.29, 1.82) is 0 Å². The van der Waals surface area contributed by atoms with Gasteiger partial charge in [0.2, 0.25) is 11.9 Å². The Bertz CT molecular complexity index is 428. The van der Waals surface area contributed by atoms with Gasteiger partial charge in [-0.15, -0.1) is 0 Å². The van der Waals surface area contributed by atoms with Crippen LogP contribution in [0.25, 0.3) is 0 Å². The van der Waals surface area contributed by atoms with Crippen molar-refractivity contribution in [2.45, 2.75) is 46.1 Å². The summed E-state index contributed by atoms with van der Waals surface area (Å²) >= 11 is 0. The van der Waals surface area contributed by atoms with Crippen molar-refractivity contribution in [1.82, 2.24) is 10.2 Å². The van der Waals surface area contributed by atoms with Crippen LogP contribution in [0.5, 0.6) is 0 Å². The summed E-state index contributed by atoms with van der Waals surface area (Å²) in [5.74, 6) is -0.874. The van der Waals surface area contributed by atoms with Crippen molar-refractivity contribution in [3.63, 3.8) is 0 Å².